The number of carbonyl (C=O) groups is 1. The van der Waals surface area contributed by atoms with Crippen molar-refractivity contribution >= 4 is 16.0 Å². The van der Waals surface area contributed by atoms with Gasteiger partial charge in [0.15, 0.2) is 0 Å². The highest BCUT2D eigenvalue weighted by molar-refractivity contribution is 7.90. The molecule has 3 rings (SSSR count). The first kappa shape index (κ1) is 14.5. The van der Waals surface area contributed by atoms with Gasteiger partial charge in [-0.25, -0.2) is 17.5 Å². The van der Waals surface area contributed by atoms with Crippen LogP contribution in [0.3, 0.4) is 0 Å². The van der Waals surface area contributed by atoms with Gasteiger partial charge in [-0.1, -0.05) is 12.1 Å². The Morgan fingerprint density at radius 2 is 2.05 bits per heavy atom. The van der Waals surface area contributed by atoms with Gasteiger partial charge in [-0.3, -0.25) is 0 Å². The number of nitrogens with zero attached hydrogens (tertiary/aromatic N) is 1. The molecule has 1 aliphatic heterocycles. The second-order valence-electron chi connectivity index (χ2n) is 5.97. The molecule has 0 spiro atoms. The van der Waals surface area contributed by atoms with Gasteiger partial charge < -0.3 is 5.11 Å². The van der Waals surface area contributed by atoms with Crippen molar-refractivity contribution in [3.8, 4) is 0 Å². The topological polar surface area (TPSA) is 74.7 Å². The van der Waals surface area contributed by atoms with Crippen LogP contribution in [0.1, 0.15) is 35.2 Å². The second-order valence-corrected chi connectivity index (χ2v) is 8.18. The maximum atomic E-state index is 12.2. The highest BCUT2D eigenvalue weighted by Crippen LogP contribution is 2.34. The zero-order valence-electron chi connectivity index (χ0n) is 11.7. The minimum absolute atomic E-state index is 0.147. The predicted octanol–water partition coefficient (Wildman–Crippen LogP) is 1.74. The number of rotatable bonds is 5. The molecular formula is C15H19NO4S. The highest BCUT2D eigenvalue weighted by atomic mass is 32.2. The van der Waals surface area contributed by atoms with E-state index in [1.54, 1.807) is 22.5 Å². The summed E-state index contributed by atoms with van der Waals surface area (Å²) in [6, 6.07) is 6.90. The molecule has 0 amide bonds. The van der Waals surface area contributed by atoms with E-state index in [9.17, 15) is 13.2 Å². The molecule has 1 heterocycles. The van der Waals surface area contributed by atoms with Gasteiger partial charge in [-0.15, -0.1) is 0 Å². The first-order valence-corrected chi connectivity index (χ1v) is 8.78. The highest BCUT2D eigenvalue weighted by Gasteiger charge is 2.42. The summed E-state index contributed by atoms with van der Waals surface area (Å²) >= 11 is 0. The van der Waals surface area contributed by atoms with Crippen molar-refractivity contribution in [2.24, 2.45) is 5.92 Å². The van der Waals surface area contributed by atoms with Crippen molar-refractivity contribution in [3.63, 3.8) is 0 Å². The van der Waals surface area contributed by atoms with E-state index < -0.39 is 16.0 Å². The Balaban J connectivity index is 1.65. The second kappa shape index (κ2) is 5.42. The molecular weight excluding hydrogens is 290 g/mol. The maximum absolute atomic E-state index is 12.2. The monoisotopic (exact) mass is 309 g/mol. The summed E-state index contributed by atoms with van der Waals surface area (Å²) < 4.78 is 26.0. The van der Waals surface area contributed by atoms with Gasteiger partial charge in [-0.2, -0.15) is 0 Å². The normalized spacial score (nSPS) is 23.3. The van der Waals surface area contributed by atoms with E-state index in [-0.39, 0.29) is 16.7 Å². The molecule has 0 bridgehead atoms. The number of hydrogen-bond donors (Lipinski definition) is 1. The smallest absolute Gasteiger partial charge is 0.335 e. The fraction of sp³-hybridized carbons (Fsp3) is 0.533. The van der Waals surface area contributed by atoms with Crippen molar-refractivity contribution in [1.82, 2.24) is 4.31 Å². The fourth-order valence-electron chi connectivity index (χ4n) is 2.94. The third kappa shape index (κ3) is 3.11. The van der Waals surface area contributed by atoms with Gasteiger partial charge in [0.05, 0.1) is 10.8 Å². The summed E-state index contributed by atoms with van der Waals surface area (Å²) in [5.74, 6) is -0.649. The van der Waals surface area contributed by atoms with Crippen molar-refractivity contribution < 1.29 is 18.3 Å². The van der Waals surface area contributed by atoms with E-state index in [0.29, 0.717) is 13.1 Å². The summed E-state index contributed by atoms with van der Waals surface area (Å²) in [4.78, 5) is 11.0. The molecule has 0 radical (unpaired) electrons. The molecule has 0 aromatic heterocycles. The lowest BCUT2D eigenvalue weighted by atomic mass is 9.97. The van der Waals surface area contributed by atoms with Crippen LogP contribution in [0.25, 0.3) is 0 Å². The van der Waals surface area contributed by atoms with Gasteiger partial charge in [0, 0.05) is 13.1 Å². The number of hydrogen-bond acceptors (Lipinski definition) is 3. The first-order chi connectivity index (χ1) is 9.96. The van der Waals surface area contributed by atoms with E-state index in [0.717, 1.165) is 31.2 Å². The SMILES string of the molecule is O=C(O)c1cccc(CC2CCN(S(=O)(=O)C3CC3)C2)c1. The number of carboxylic acids is 1. The molecule has 1 atom stereocenters. The molecule has 21 heavy (non-hydrogen) atoms. The lowest BCUT2D eigenvalue weighted by Gasteiger charge is -2.16. The van der Waals surface area contributed by atoms with E-state index in [2.05, 4.69) is 0 Å². The Morgan fingerprint density at radius 3 is 2.71 bits per heavy atom. The lowest BCUT2D eigenvalue weighted by molar-refractivity contribution is 0.0696. The number of carboxylic acid groups (broad SMARTS) is 1. The molecule has 5 nitrogen and oxygen atoms in total. The van der Waals surface area contributed by atoms with Crippen LogP contribution in [0.4, 0.5) is 0 Å². The van der Waals surface area contributed by atoms with Gasteiger partial charge in [0.2, 0.25) is 10.0 Å². The molecule has 1 aromatic rings. The average Bonchev–Trinajstić information content (AvgIpc) is 3.20. The quantitative estimate of drug-likeness (QED) is 0.899. The Kier molecular flexibility index (Phi) is 3.75. The van der Waals surface area contributed by atoms with Crippen molar-refractivity contribution in [3.05, 3.63) is 35.4 Å². The van der Waals surface area contributed by atoms with Crippen molar-refractivity contribution in [2.75, 3.05) is 13.1 Å². The molecule has 1 N–H and O–H groups in total. The van der Waals surface area contributed by atoms with Crippen LogP contribution in [0.2, 0.25) is 0 Å². The Labute approximate surface area is 124 Å². The van der Waals surface area contributed by atoms with Gasteiger partial charge in [0.25, 0.3) is 0 Å². The summed E-state index contributed by atoms with van der Waals surface area (Å²) in [5.41, 5.74) is 1.25. The molecule has 6 heteroatoms. The fourth-order valence-corrected chi connectivity index (χ4v) is 4.87. The average molecular weight is 309 g/mol. The molecule has 1 aromatic carbocycles. The molecule has 114 valence electrons. The molecule has 1 aliphatic carbocycles. The van der Waals surface area contributed by atoms with Gasteiger partial charge >= 0.3 is 5.97 Å². The van der Waals surface area contributed by atoms with Crippen molar-refractivity contribution in [2.45, 2.75) is 30.9 Å². The van der Waals surface area contributed by atoms with Gasteiger partial charge in [0.1, 0.15) is 0 Å². The standard InChI is InChI=1S/C15H19NO4S/c17-15(18)13-3-1-2-11(9-13)8-12-6-7-16(10-12)21(19,20)14-4-5-14/h1-3,9,12,14H,4-8,10H2,(H,17,18). The molecule has 2 fully saturated rings. The van der Waals surface area contributed by atoms with E-state index in [1.807, 2.05) is 6.07 Å². The first-order valence-electron chi connectivity index (χ1n) is 7.28. The number of aromatic carboxylic acids is 1. The summed E-state index contributed by atoms with van der Waals surface area (Å²) in [6.07, 6.45) is 3.18. The van der Waals surface area contributed by atoms with Crippen LogP contribution in [0.5, 0.6) is 0 Å². The van der Waals surface area contributed by atoms with E-state index in [1.165, 1.54) is 0 Å². The number of benzene rings is 1. The third-order valence-corrected chi connectivity index (χ3v) is 6.62. The van der Waals surface area contributed by atoms with Crippen LogP contribution in [0, 0.1) is 5.92 Å². The molecule has 1 saturated heterocycles. The van der Waals surface area contributed by atoms with Crippen LogP contribution >= 0.6 is 0 Å². The Morgan fingerprint density at radius 1 is 1.29 bits per heavy atom. The molecule has 2 aliphatic rings. The zero-order chi connectivity index (χ0) is 15.0. The zero-order valence-corrected chi connectivity index (χ0v) is 12.6. The van der Waals surface area contributed by atoms with Crippen LogP contribution in [-0.2, 0) is 16.4 Å². The number of sulfonamides is 1. The van der Waals surface area contributed by atoms with Crippen LogP contribution < -0.4 is 0 Å². The Hall–Kier alpha value is -1.40. The van der Waals surface area contributed by atoms with Gasteiger partial charge in [-0.05, 0) is 49.3 Å². The summed E-state index contributed by atoms with van der Waals surface area (Å²) in [6.45, 7) is 1.16. The molecule has 1 unspecified atom stereocenters. The Bertz CT molecular complexity index is 651. The van der Waals surface area contributed by atoms with Crippen LogP contribution in [-0.4, -0.2) is 42.1 Å². The summed E-state index contributed by atoms with van der Waals surface area (Å²) in [7, 11) is -3.07. The molecule has 1 saturated carbocycles. The minimum Gasteiger partial charge on any atom is -0.478 e. The predicted molar refractivity (Wildman–Crippen MR) is 78.7 cm³/mol. The summed E-state index contributed by atoms with van der Waals surface area (Å²) in [5, 5.41) is 8.85. The van der Waals surface area contributed by atoms with E-state index >= 15 is 0 Å². The minimum atomic E-state index is -3.07. The lowest BCUT2D eigenvalue weighted by Crippen LogP contribution is -2.31. The van der Waals surface area contributed by atoms with E-state index in [4.69, 9.17) is 5.11 Å². The largest absolute Gasteiger partial charge is 0.478 e. The third-order valence-electron chi connectivity index (χ3n) is 4.25. The maximum Gasteiger partial charge on any atom is 0.335 e. The van der Waals surface area contributed by atoms with Crippen molar-refractivity contribution in [1.29, 1.82) is 0 Å². The van der Waals surface area contributed by atoms with Crippen LogP contribution in [0.15, 0.2) is 24.3 Å².